The molecular formula is C37H61NO9. The summed E-state index contributed by atoms with van der Waals surface area (Å²) < 4.78 is 23.2. The summed E-state index contributed by atoms with van der Waals surface area (Å²) >= 11 is 0. The number of aliphatic hydroxyl groups excluding tert-OH is 1. The van der Waals surface area contributed by atoms with Crippen molar-refractivity contribution in [3.05, 3.63) is 36.0 Å². The second-order valence-electron chi connectivity index (χ2n) is 14.5. The highest BCUT2D eigenvalue weighted by molar-refractivity contribution is 5.70. The van der Waals surface area contributed by atoms with Crippen LogP contribution < -0.4 is 5.32 Å². The number of carbonyl (C=O) groups excluding carboxylic acids is 2. The first-order chi connectivity index (χ1) is 22.1. The third-order valence-electron chi connectivity index (χ3n) is 10.2. The molecule has 0 bridgehead atoms. The minimum atomic E-state index is -1.44. The second kappa shape index (κ2) is 17.5. The highest BCUT2D eigenvalue weighted by Crippen LogP contribution is 2.39. The van der Waals surface area contributed by atoms with Crippen LogP contribution in [0, 0.1) is 11.8 Å². The van der Waals surface area contributed by atoms with Gasteiger partial charge in [-0.1, -0.05) is 64.3 Å². The molecule has 47 heavy (non-hydrogen) atoms. The van der Waals surface area contributed by atoms with Gasteiger partial charge in [-0.05, 0) is 64.5 Å². The van der Waals surface area contributed by atoms with Crippen molar-refractivity contribution in [2.75, 3.05) is 7.11 Å². The SMILES string of the molecule is CC[C@H](OC)[C@@H](C)[C@H]1O[C@@H]1C(NC1CCCCC1)C(C)(O)C=CC=C(C)C1OC(=O)C[C@H](O)CC[C@@](C)(O)[C@@H](OC(C)=O)C=C[C@@H]1C. The average Bonchev–Trinajstić information content (AvgIpc) is 3.80. The molecule has 1 saturated carbocycles. The van der Waals surface area contributed by atoms with Gasteiger partial charge in [-0.2, -0.15) is 0 Å². The van der Waals surface area contributed by atoms with E-state index in [0.717, 1.165) is 24.8 Å². The number of hydrogen-bond acceptors (Lipinski definition) is 10. The van der Waals surface area contributed by atoms with Gasteiger partial charge in [-0.25, -0.2) is 0 Å². The number of ether oxygens (including phenoxy) is 4. The predicted molar refractivity (Wildman–Crippen MR) is 180 cm³/mol. The Kier molecular flexibility index (Phi) is 14.7. The molecule has 3 rings (SSSR count). The van der Waals surface area contributed by atoms with E-state index < -0.39 is 41.5 Å². The van der Waals surface area contributed by atoms with Crippen LogP contribution in [0.3, 0.4) is 0 Å². The van der Waals surface area contributed by atoms with Crippen molar-refractivity contribution in [1.82, 2.24) is 5.32 Å². The molecule has 2 heterocycles. The summed E-state index contributed by atoms with van der Waals surface area (Å²) in [4.78, 5) is 24.7. The molecule has 0 radical (unpaired) electrons. The second-order valence-corrected chi connectivity index (χ2v) is 14.5. The summed E-state index contributed by atoms with van der Waals surface area (Å²) in [6.45, 7) is 12.6. The van der Waals surface area contributed by atoms with Crippen molar-refractivity contribution in [3.63, 3.8) is 0 Å². The fourth-order valence-electron chi connectivity index (χ4n) is 7.13. The van der Waals surface area contributed by atoms with E-state index in [1.54, 1.807) is 45.3 Å². The minimum absolute atomic E-state index is 0.0200. The van der Waals surface area contributed by atoms with E-state index in [-0.39, 0.29) is 55.5 Å². The number of hydrogen-bond donors (Lipinski definition) is 4. The van der Waals surface area contributed by atoms with Gasteiger partial charge in [-0.3, -0.25) is 9.59 Å². The highest BCUT2D eigenvalue weighted by atomic mass is 16.6. The summed E-state index contributed by atoms with van der Waals surface area (Å²) in [6.07, 6.45) is 12.6. The monoisotopic (exact) mass is 663 g/mol. The Hall–Kier alpha value is -2.08. The van der Waals surface area contributed by atoms with E-state index in [4.69, 9.17) is 18.9 Å². The quantitative estimate of drug-likeness (QED) is 0.100. The molecule has 3 unspecified atom stereocenters. The van der Waals surface area contributed by atoms with Crippen molar-refractivity contribution in [2.45, 2.75) is 166 Å². The number of allylic oxidation sites excluding steroid dienone is 2. The fourth-order valence-corrected chi connectivity index (χ4v) is 7.13. The number of cyclic esters (lactones) is 1. The average molecular weight is 664 g/mol. The van der Waals surface area contributed by atoms with Crippen molar-refractivity contribution >= 4 is 11.9 Å². The summed E-state index contributed by atoms with van der Waals surface area (Å²) in [5.41, 5.74) is -1.96. The molecule has 268 valence electrons. The summed E-state index contributed by atoms with van der Waals surface area (Å²) in [7, 11) is 1.73. The molecule has 2 aliphatic heterocycles. The van der Waals surface area contributed by atoms with E-state index in [2.05, 4.69) is 19.2 Å². The van der Waals surface area contributed by atoms with Gasteiger partial charge >= 0.3 is 11.9 Å². The molecule has 2 fully saturated rings. The molecule has 0 aromatic carbocycles. The largest absolute Gasteiger partial charge is 0.457 e. The van der Waals surface area contributed by atoms with Crippen LogP contribution in [0.1, 0.15) is 106 Å². The molecule has 1 aliphatic carbocycles. The maximum atomic E-state index is 12.9. The first-order valence-corrected chi connectivity index (χ1v) is 17.6. The number of esters is 2. The maximum absolute atomic E-state index is 12.9. The van der Waals surface area contributed by atoms with E-state index in [9.17, 15) is 24.9 Å². The molecule has 0 spiro atoms. The Balaban J connectivity index is 1.85. The third-order valence-corrected chi connectivity index (χ3v) is 10.2. The van der Waals surface area contributed by atoms with Crippen molar-refractivity contribution in [3.8, 4) is 0 Å². The number of aliphatic hydroxyl groups is 3. The topological polar surface area (TPSA) is 147 Å². The lowest BCUT2D eigenvalue weighted by Crippen LogP contribution is -2.55. The first kappa shape index (κ1) is 39.4. The predicted octanol–water partition coefficient (Wildman–Crippen LogP) is 4.69. The zero-order valence-electron chi connectivity index (χ0n) is 29.8. The first-order valence-electron chi connectivity index (χ1n) is 17.6. The molecule has 0 aromatic heterocycles. The summed E-state index contributed by atoms with van der Waals surface area (Å²) in [6, 6.07) is -0.0171. The van der Waals surface area contributed by atoms with E-state index in [1.807, 2.05) is 19.9 Å². The molecule has 0 aromatic rings. The highest BCUT2D eigenvalue weighted by Gasteiger charge is 2.54. The minimum Gasteiger partial charge on any atom is -0.457 e. The fraction of sp³-hybridized carbons (Fsp3) is 0.784. The van der Waals surface area contributed by atoms with Gasteiger partial charge < -0.3 is 39.6 Å². The van der Waals surface area contributed by atoms with Gasteiger partial charge in [0.05, 0.1) is 36.4 Å². The van der Waals surface area contributed by atoms with Crippen LogP contribution in [0.5, 0.6) is 0 Å². The third kappa shape index (κ3) is 11.5. The van der Waals surface area contributed by atoms with Crippen LogP contribution in [0.2, 0.25) is 0 Å². The van der Waals surface area contributed by atoms with Gasteiger partial charge in [0, 0.05) is 31.9 Å². The lowest BCUT2D eigenvalue weighted by molar-refractivity contribution is -0.157. The van der Waals surface area contributed by atoms with E-state index in [0.29, 0.717) is 6.04 Å². The van der Waals surface area contributed by atoms with E-state index >= 15 is 0 Å². The van der Waals surface area contributed by atoms with Crippen molar-refractivity contribution in [2.24, 2.45) is 11.8 Å². The molecule has 3 aliphatic rings. The zero-order chi connectivity index (χ0) is 34.9. The molecule has 10 nitrogen and oxygen atoms in total. The lowest BCUT2D eigenvalue weighted by atomic mass is 9.85. The van der Waals surface area contributed by atoms with Crippen LogP contribution in [0.15, 0.2) is 36.0 Å². The van der Waals surface area contributed by atoms with Crippen LogP contribution >= 0.6 is 0 Å². The number of nitrogens with one attached hydrogen (secondary N) is 1. The van der Waals surface area contributed by atoms with Crippen LogP contribution in [-0.2, 0) is 28.5 Å². The smallest absolute Gasteiger partial charge is 0.309 e. The lowest BCUT2D eigenvalue weighted by Gasteiger charge is -2.35. The molecule has 0 amide bonds. The van der Waals surface area contributed by atoms with Gasteiger partial charge in [-0.15, -0.1) is 0 Å². The molecule has 11 atom stereocenters. The van der Waals surface area contributed by atoms with Crippen LogP contribution in [-0.4, -0.2) is 94.3 Å². The van der Waals surface area contributed by atoms with E-state index in [1.165, 1.54) is 26.2 Å². The van der Waals surface area contributed by atoms with Crippen molar-refractivity contribution < 1.29 is 43.9 Å². The Morgan fingerprint density at radius 3 is 2.49 bits per heavy atom. The standard InChI is InChI=1S/C37H61NO9/c1-9-29(44-8)25(4)33-34(47-33)35(38-27-15-11-10-12-16-27)37(7,43)20-13-14-23(2)32-24(3)17-18-30(45-26(5)39)36(6,42)21-19-28(40)22-31(41)46-32/h13-14,17-18,20,24-25,27-30,32-35,38,40,42-43H,9-12,15-16,19,21-22H2,1-8H3/t24-,25+,28+,29-,30-,32?,33+,34-,35?,36+,37?/m0/s1. The Bertz CT molecular complexity index is 1110. The zero-order valence-corrected chi connectivity index (χ0v) is 29.8. The maximum Gasteiger partial charge on any atom is 0.309 e. The van der Waals surface area contributed by atoms with Crippen LogP contribution in [0.25, 0.3) is 0 Å². The Morgan fingerprint density at radius 2 is 1.87 bits per heavy atom. The number of methoxy groups -OCH3 is 1. The number of carbonyl (C=O) groups is 2. The van der Waals surface area contributed by atoms with Gasteiger partial charge in [0.2, 0.25) is 0 Å². The number of epoxide rings is 1. The van der Waals surface area contributed by atoms with Gasteiger partial charge in [0.15, 0.2) is 0 Å². The van der Waals surface area contributed by atoms with Gasteiger partial charge in [0.25, 0.3) is 0 Å². The van der Waals surface area contributed by atoms with Crippen LogP contribution in [0.4, 0.5) is 0 Å². The normalized spacial score (nSPS) is 34.8. The number of rotatable bonds is 12. The molecule has 1 saturated heterocycles. The molecule has 10 heteroatoms. The van der Waals surface area contributed by atoms with Gasteiger partial charge in [0.1, 0.15) is 23.9 Å². The summed E-state index contributed by atoms with van der Waals surface area (Å²) in [5, 5.41) is 37.2. The molecule has 4 N–H and O–H groups in total. The Labute approximate surface area is 282 Å². The van der Waals surface area contributed by atoms with Crippen molar-refractivity contribution in [1.29, 1.82) is 0 Å². The Morgan fingerprint density at radius 1 is 1.19 bits per heavy atom. The summed E-state index contributed by atoms with van der Waals surface area (Å²) in [5.74, 6) is -1.26. The molecular weight excluding hydrogens is 602 g/mol.